The van der Waals surface area contributed by atoms with E-state index < -0.39 is 30.6 Å². The monoisotopic (exact) mass is 336 g/mol. The molecule has 118 valence electrons. The quantitative estimate of drug-likeness (QED) is 0.853. The van der Waals surface area contributed by atoms with Crippen LogP contribution in [-0.2, 0) is 19.9 Å². The van der Waals surface area contributed by atoms with Crippen molar-refractivity contribution in [3.8, 4) is 0 Å². The van der Waals surface area contributed by atoms with Crippen molar-refractivity contribution in [2.75, 3.05) is 25.9 Å². The zero-order valence-electron chi connectivity index (χ0n) is 11.7. The molecule has 21 heavy (non-hydrogen) atoms. The van der Waals surface area contributed by atoms with Crippen molar-refractivity contribution in [3.05, 3.63) is 24.0 Å². The molecule has 6 nitrogen and oxygen atoms in total. The van der Waals surface area contributed by atoms with Gasteiger partial charge in [-0.1, -0.05) is 0 Å². The van der Waals surface area contributed by atoms with Crippen LogP contribution in [-0.4, -0.2) is 53.1 Å². The Balaban J connectivity index is 2.40. The van der Waals surface area contributed by atoms with Crippen LogP contribution in [0.1, 0.15) is 6.92 Å². The second-order valence-electron chi connectivity index (χ2n) is 5.08. The lowest BCUT2D eigenvalue weighted by molar-refractivity contribution is 0.310. The van der Waals surface area contributed by atoms with Crippen LogP contribution in [0.3, 0.4) is 0 Å². The molecule has 9 heteroatoms. The molecule has 2 rings (SSSR count). The Hall–Kier alpha value is -1.03. The van der Waals surface area contributed by atoms with Crippen LogP contribution >= 0.6 is 0 Å². The maximum atomic E-state index is 13.8. The average Bonchev–Trinajstić information content (AvgIpc) is 2.37. The van der Waals surface area contributed by atoms with E-state index in [1.165, 1.54) is 4.31 Å². The summed E-state index contributed by atoms with van der Waals surface area (Å²) in [5.74, 6) is -1.05. The van der Waals surface area contributed by atoms with E-state index in [1.54, 1.807) is 0 Å². The van der Waals surface area contributed by atoms with Gasteiger partial charge in [0, 0.05) is 31.9 Å². The maximum Gasteiger partial charge on any atom is 0.243 e. The fourth-order valence-electron chi connectivity index (χ4n) is 2.21. The number of nitrogens with zero attached hydrogens (tertiary/aromatic N) is 1. The van der Waals surface area contributed by atoms with Crippen LogP contribution in [0, 0.1) is 5.82 Å². The summed E-state index contributed by atoms with van der Waals surface area (Å²) in [6.07, 6.45) is 0.873. The van der Waals surface area contributed by atoms with Gasteiger partial charge in [0.25, 0.3) is 0 Å². The van der Waals surface area contributed by atoms with E-state index in [-0.39, 0.29) is 17.5 Å². The van der Waals surface area contributed by atoms with Crippen LogP contribution < -0.4 is 5.32 Å². The van der Waals surface area contributed by atoms with Crippen LogP contribution in [0.5, 0.6) is 0 Å². The first-order valence-corrected chi connectivity index (χ1v) is 9.68. The molecule has 0 aromatic heterocycles. The fourth-order valence-corrected chi connectivity index (χ4v) is 4.48. The van der Waals surface area contributed by atoms with E-state index in [2.05, 4.69) is 5.32 Å². The number of hydrogen-bond donors (Lipinski definition) is 1. The van der Waals surface area contributed by atoms with Gasteiger partial charge in [-0.2, -0.15) is 4.31 Å². The SMILES string of the molecule is CC1CN(S(=O)(=O)c2ccc(S(C)(=O)=O)c(F)c2)CCN1. The van der Waals surface area contributed by atoms with E-state index in [9.17, 15) is 21.2 Å². The number of piperazine rings is 1. The number of rotatable bonds is 3. The lowest BCUT2D eigenvalue weighted by atomic mass is 10.3. The lowest BCUT2D eigenvalue weighted by Gasteiger charge is -2.31. The maximum absolute atomic E-state index is 13.8. The fraction of sp³-hybridized carbons (Fsp3) is 0.500. The number of benzene rings is 1. The van der Waals surface area contributed by atoms with Crippen LogP contribution in [0.15, 0.2) is 28.0 Å². The predicted molar refractivity (Wildman–Crippen MR) is 75.7 cm³/mol. The zero-order chi connectivity index (χ0) is 15.8. The van der Waals surface area contributed by atoms with Crippen molar-refractivity contribution in [2.24, 2.45) is 0 Å². The molecule has 1 fully saturated rings. The number of halogens is 1. The van der Waals surface area contributed by atoms with Crippen molar-refractivity contribution in [3.63, 3.8) is 0 Å². The van der Waals surface area contributed by atoms with Crippen molar-refractivity contribution >= 4 is 19.9 Å². The minimum atomic E-state index is -3.82. The Morgan fingerprint density at radius 2 is 1.95 bits per heavy atom. The molecule has 0 saturated carbocycles. The Morgan fingerprint density at radius 3 is 2.48 bits per heavy atom. The molecule has 0 radical (unpaired) electrons. The Kier molecular flexibility index (Phi) is 4.39. The van der Waals surface area contributed by atoms with Gasteiger partial charge in [0.1, 0.15) is 10.7 Å². The van der Waals surface area contributed by atoms with E-state index in [0.717, 1.165) is 24.5 Å². The summed E-state index contributed by atoms with van der Waals surface area (Å²) in [5, 5.41) is 3.12. The number of sulfonamides is 1. The highest BCUT2D eigenvalue weighted by Gasteiger charge is 2.29. The Morgan fingerprint density at radius 1 is 1.29 bits per heavy atom. The summed E-state index contributed by atoms with van der Waals surface area (Å²) < 4.78 is 62.7. The van der Waals surface area contributed by atoms with Gasteiger partial charge >= 0.3 is 0 Å². The highest BCUT2D eigenvalue weighted by molar-refractivity contribution is 7.90. The van der Waals surface area contributed by atoms with Crippen molar-refractivity contribution in [1.82, 2.24) is 9.62 Å². The summed E-state index contributed by atoms with van der Waals surface area (Å²) in [7, 11) is -7.54. The summed E-state index contributed by atoms with van der Waals surface area (Å²) in [4.78, 5) is -0.739. The molecular formula is C12H17FN2O4S2. The van der Waals surface area contributed by atoms with E-state index in [1.807, 2.05) is 6.92 Å². The number of hydrogen-bond acceptors (Lipinski definition) is 5. The molecular weight excluding hydrogens is 319 g/mol. The van der Waals surface area contributed by atoms with Gasteiger partial charge in [-0.3, -0.25) is 0 Å². The predicted octanol–water partition coefficient (Wildman–Crippen LogP) is 0.212. The molecule has 1 atom stereocenters. The van der Waals surface area contributed by atoms with Gasteiger partial charge in [0.05, 0.1) is 4.90 Å². The summed E-state index contributed by atoms with van der Waals surface area (Å²) in [6.45, 7) is 2.96. The summed E-state index contributed by atoms with van der Waals surface area (Å²) in [6, 6.07) is 2.89. The molecule has 0 spiro atoms. The second-order valence-corrected chi connectivity index (χ2v) is 9.00. The molecule has 0 bridgehead atoms. The van der Waals surface area contributed by atoms with Crippen LogP contribution in [0.4, 0.5) is 4.39 Å². The van der Waals surface area contributed by atoms with Gasteiger partial charge in [0.15, 0.2) is 9.84 Å². The Bertz CT molecular complexity index is 747. The molecule has 1 aromatic rings. The molecule has 1 aliphatic rings. The van der Waals surface area contributed by atoms with E-state index in [4.69, 9.17) is 0 Å². The van der Waals surface area contributed by atoms with E-state index >= 15 is 0 Å². The summed E-state index contributed by atoms with van der Waals surface area (Å²) in [5.41, 5.74) is 0. The van der Waals surface area contributed by atoms with Gasteiger partial charge < -0.3 is 5.32 Å². The molecule has 0 aliphatic carbocycles. The Labute approximate surface area is 123 Å². The van der Waals surface area contributed by atoms with Gasteiger partial charge in [0.2, 0.25) is 10.0 Å². The normalized spacial score (nSPS) is 21.4. The first kappa shape index (κ1) is 16.3. The standard InChI is InChI=1S/C12H17FN2O4S2/c1-9-8-15(6-5-14-9)21(18,19)10-3-4-12(11(13)7-10)20(2,16)17/h3-4,7,9,14H,5-6,8H2,1-2H3. The highest BCUT2D eigenvalue weighted by atomic mass is 32.2. The molecule has 1 N–H and O–H groups in total. The van der Waals surface area contributed by atoms with Crippen LogP contribution in [0.2, 0.25) is 0 Å². The van der Waals surface area contributed by atoms with Gasteiger partial charge in [-0.25, -0.2) is 21.2 Å². The lowest BCUT2D eigenvalue weighted by Crippen LogP contribution is -2.51. The molecule has 1 aromatic carbocycles. The van der Waals surface area contributed by atoms with E-state index in [0.29, 0.717) is 13.1 Å². The van der Waals surface area contributed by atoms with Gasteiger partial charge in [-0.15, -0.1) is 0 Å². The van der Waals surface area contributed by atoms with Crippen LogP contribution in [0.25, 0.3) is 0 Å². The third-order valence-corrected chi connectivity index (χ3v) is 6.26. The third kappa shape index (κ3) is 3.42. The molecule has 1 saturated heterocycles. The minimum absolute atomic E-state index is 0.00802. The number of sulfone groups is 1. The molecule has 1 unspecified atom stereocenters. The summed E-state index contributed by atoms with van der Waals surface area (Å²) >= 11 is 0. The zero-order valence-corrected chi connectivity index (χ0v) is 13.3. The van der Waals surface area contributed by atoms with Gasteiger partial charge in [-0.05, 0) is 25.1 Å². The van der Waals surface area contributed by atoms with Crippen molar-refractivity contribution < 1.29 is 21.2 Å². The largest absolute Gasteiger partial charge is 0.312 e. The molecule has 0 amide bonds. The average molecular weight is 336 g/mol. The highest BCUT2D eigenvalue weighted by Crippen LogP contribution is 2.22. The van der Waals surface area contributed by atoms with Crippen molar-refractivity contribution in [2.45, 2.75) is 22.8 Å². The minimum Gasteiger partial charge on any atom is -0.312 e. The number of nitrogens with one attached hydrogen (secondary N) is 1. The molecule has 1 aliphatic heterocycles. The second kappa shape index (κ2) is 5.64. The first-order chi connectivity index (χ1) is 9.62. The van der Waals surface area contributed by atoms with Crippen molar-refractivity contribution in [1.29, 1.82) is 0 Å². The third-order valence-electron chi connectivity index (χ3n) is 3.27. The molecule has 1 heterocycles. The topological polar surface area (TPSA) is 83.6 Å². The first-order valence-electron chi connectivity index (χ1n) is 6.35. The smallest absolute Gasteiger partial charge is 0.243 e.